The zero-order valence-electron chi connectivity index (χ0n) is 13.1. The highest BCUT2D eigenvalue weighted by Crippen LogP contribution is 2.46. The second-order valence-electron chi connectivity index (χ2n) is 6.96. The average Bonchev–Trinajstić information content (AvgIpc) is 2.66. The summed E-state index contributed by atoms with van der Waals surface area (Å²) < 4.78 is 0. The molecule has 0 radical (unpaired) electrons. The number of hydrogen-bond acceptors (Lipinski definition) is 2. The molecule has 2 heteroatoms. The molecule has 1 aliphatic carbocycles. The molecule has 0 spiro atoms. The molecule has 1 aliphatic rings. The van der Waals surface area contributed by atoms with Crippen molar-refractivity contribution in [1.29, 1.82) is 0 Å². The molecule has 0 heterocycles. The van der Waals surface area contributed by atoms with Gasteiger partial charge < -0.3 is 5.73 Å². The third kappa shape index (κ3) is 3.96. The van der Waals surface area contributed by atoms with E-state index in [0.717, 1.165) is 6.54 Å². The lowest BCUT2D eigenvalue weighted by Gasteiger charge is -2.42. The molecule has 108 valence electrons. The maximum absolute atomic E-state index is 6.19. The van der Waals surface area contributed by atoms with E-state index in [9.17, 15) is 0 Å². The smallest absolute Gasteiger partial charge is 0.0337 e. The molecule has 2 N–H and O–H groups in total. The van der Waals surface area contributed by atoms with Gasteiger partial charge in [0, 0.05) is 12.1 Å². The molecular formula is C16H34N2. The van der Waals surface area contributed by atoms with Gasteiger partial charge in [-0.25, -0.2) is 0 Å². The molecule has 0 bridgehead atoms. The number of hydrogen-bond donors (Lipinski definition) is 1. The van der Waals surface area contributed by atoms with Gasteiger partial charge in [-0.2, -0.15) is 0 Å². The molecule has 0 saturated heterocycles. The summed E-state index contributed by atoms with van der Waals surface area (Å²) in [6, 6.07) is 0. The lowest BCUT2D eigenvalue weighted by molar-refractivity contribution is 0.0850. The van der Waals surface area contributed by atoms with Crippen molar-refractivity contribution >= 4 is 0 Å². The normalized spacial score (nSPS) is 27.0. The number of nitrogens with two attached hydrogens (primary N) is 1. The highest BCUT2D eigenvalue weighted by atomic mass is 15.2. The summed E-state index contributed by atoms with van der Waals surface area (Å²) in [6.45, 7) is 12.7. The van der Waals surface area contributed by atoms with Gasteiger partial charge in [0.2, 0.25) is 0 Å². The maximum Gasteiger partial charge on any atom is 0.0337 e. The lowest BCUT2D eigenvalue weighted by atomic mass is 9.86. The van der Waals surface area contributed by atoms with Crippen molar-refractivity contribution in [1.82, 2.24) is 4.90 Å². The van der Waals surface area contributed by atoms with Crippen LogP contribution in [-0.2, 0) is 0 Å². The molecule has 1 atom stereocenters. The van der Waals surface area contributed by atoms with Crippen molar-refractivity contribution in [3.8, 4) is 0 Å². The van der Waals surface area contributed by atoms with E-state index in [1.165, 1.54) is 58.0 Å². The van der Waals surface area contributed by atoms with Gasteiger partial charge in [-0.15, -0.1) is 0 Å². The van der Waals surface area contributed by atoms with Crippen molar-refractivity contribution < 1.29 is 0 Å². The first kappa shape index (κ1) is 16.0. The van der Waals surface area contributed by atoms with Crippen LogP contribution in [-0.4, -0.2) is 30.1 Å². The Balaban J connectivity index is 2.72. The summed E-state index contributed by atoms with van der Waals surface area (Å²) in [5, 5.41) is 0. The van der Waals surface area contributed by atoms with E-state index >= 15 is 0 Å². The number of rotatable bonds is 8. The van der Waals surface area contributed by atoms with Gasteiger partial charge in [-0.05, 0) is 50.6 Å². The van der Waals surface area contributed by atoms with Crippen LogP contribution in [0.4, 0.5) is 0 Å². The van der Waals surface area contributed by atoms with Crippen LogP contribution in [0.25, 0.3) is 0 Å². The lowest BCUT2D eigenvalue weighted by Crippen LogP contribution is -2.53. The van der Waals surface area contributed by atoms with E-state index < -0.39 is 0 Å². The van der Waals surface area contributed by atoms with Crippen LogP contribution >= 0.6 is 0 Å². The van der Waals surface area contributed by atoms with E-state index in [0.29, 0.717) is 11.0 Å². The van der Waals surface area contributed by atoms with Crippen LogP contribution < -0.4 is 5.73 Å². The fourth-order valence-electron chi connectivity index (χ4n) is 3.50. The molecule has 1 unspecified atom stereocenters. The molecule has 2 nitrogen and oxygen atoms in total. The topological polar surface area (TPSA) is 29.3 Å². The predicted octanol–water partition coefficient (Wildman–Crippen LogP) is 3.80. The Bertz CT molecular complexity index is 229. The van der Waals surface area contributed by atoms with Gasteiger partial charge in [0.25, 0.3) is 0 Å². The van der Waals surface area contributed by atoms with E-state index in [4.69, 9.17) is 5.73 Å². The number of unbranched alkanes of at least 4 members (excludes halogenated alkanes) is 2. The first-order chi connectivity index (χ1) is 8.49. The summed E-state index contributed by atoms with van der Waals surface area (Å²) in [5.41, 5.74) is 6.97. The first-order valence-electron chi connectivity index (χ1n) is 7.95. The zero-order valence-corrected chi connectivity index (χ0v) is 13.1. The molecule has 1 fully saturated rings. The van der Waals surface area contributed by atoms with Crippen molar-refractivity contribution in [2.75, 3.05) is 19.6 Å². The predicted molar refractivity (Wildman–Crippen MR) is 80.8 cm³/mol. The Kier molecular flexibility index (Phi) is 6.13. The van der Waals surface area contributed by atoms with Crippen LogP contribution in [0.5, 0.6) is 0 Å². The SMILES string of the molecule is CCCCN(CCCC)C1(CN)CCC(C)(C)C1. The Morgan fingerprint density at radius 1 is 1.00 bits per heavy atom. The molecule has 1 saturated carbocycles. The van der Waals surface area contributed by atoms with Crippen LogP contribution in [0.2, 0.25) is 0 Å². The Morgan fingerprint density at radius 3 is 1.89 bits per heavy atom. The second-order valence-corrected chi connectivity index (χ2v) is 6.96. The zero-order chi connectivity index (χ0) is 13.6. The standard InChI is InChI=1S/C16H34N2/c1-5-7-11-18(12-8-6-2)16(14-17)10-9-15(3,4)13-16/h5-14,17H2,1-4H3. The van der Waals surface area contributed by atoms with Crippen LogP contribution in [0, 0.1) is 5.41 Å². The van der Waals surface area contributed by atoms with Crippen molar-refractivity contribution in [2.45, 2.75) is 78.2 Å². The van der Waals surface area contributed by atoms with Crippen LogP contribution in [0.1, 0.15) is 72.6 Å². The Hall–Kier alpha value is -0.0800. The highest BCUT2D eigenvalue weighted by molar-refractivity contribution is 5.02. The van der Waals surface area contributed by atoms with Gasteiger partial charge in [-0.3, -0.25) is 4.90 Å². The largest absolute Gasteiger partial charge is 0.329 e. The monoisotopic (exact) mass is 254 g/mol. The minimum atomic E-state index is 0.299. The number of nitrogens with zero attached hydrogens (tertiary/aromatic N) is 1. The minimum absolute atomic E-state index is 0.299. The molecule has 0 aromatic heterocycles. The van der Waals surface area contributed by atoms with Gasteiger partial charge in [0.1, 0.15) is 0 Å². The summed E-state index contributed by atoms with van der Waals surface area (Å²) in [7, 11) is 0. The van der Waals surface area contributed by atoms with Gasteiger partial charge in [0.05, 0.1) is 0 Å². The maximum atomic E-state index is 6.19. The molecule has 1 rings (SSSR count). The van der Waals surface area contributed by atoms with Gasteiger partial charge >= 0.3 is 0 Å². The summed E-state index contributed by atoms with van der Waals surface area (Å²) in [5.74, 6) is 0. The third-order valence-corrected chi connectivity index (χ3v) is 4.69. The van der Waals surface area contributed by atoms with E-state index in [2.05, 4.69) is 32.6 Å². The quantitative estimate of drug-likeness (QED) is 0.714. The van der Waals surface area contributed by atoms with Crippen molar-refractivity contribution in [2.24, 2.45) is 11.1 Å². The molecule has 0 aliphatic heterocycles. The van der Waals surface area contributed by atoms with Crippen molar-refractivity contribution in [3.05, 3.63) is 0 Å². The van der Waals surface area contributed by atoms with E-state index in [1.807, 2.05) is 0 Å². The minimum Gasteiger partial charge on any atom is -0.329 e. The highest BCUT2D eigenvalue weighted by Gasteiger charge is 2.45. The van der Waals surface area contributed by atoms with Crippen molar-refractivity contribution in [3.63, 3.8) is 0 Å². The van der Waals surface area contributed by atoms with E-state index in [1.54, 1.807) is 0 Å². The average molecular weight is 254 g/mol. The van der Waals surface area contributed by atoms with Crippen LogP contribution in [0.3, 0.4) is 0 Å². The fourth-order valence-corrected chi connectivity index (χ4v) is 3.50. The molecular weight excluding hydrogens is 220 g/mol. The third-order valence-electron chi connectivity index (χ3n) is 4.69. The summed E-state index contributed by atoms with van der Waals surface area (Å²) in [6.07, 6.45) is 9.10. The molecule has 0 aromatic rings. The Morgan fingerprint density at radius 2 is 1.56 bits per heavy atom. The molecule has 0 aromatic carbocycles. The second kappa shape index (κ2) is 6.91. The van der Waals surface area contributed by atoms with Gasteiger partial charge in [0.15, 0.2) is 0 Å². The van der Waals surface area contributed by atoms with Gasteiger partial charge in [-0.1, -0.05) is 40.5 Å². The first-order valence-corrected chi connectivity index (χ1v) is 7.95. The summed E-state index contributed by atoms with van der Waals surface area (Å²) >= 11 is 0. The fraction of sp³-hybridized carbons (Fsp3) is 1.00. The molecule has 18 heavy (non-hydrogen) atoms. The van der Waals surface area contributed by atoms with E-state index in [-0.39, 0.29) is 0 Å². The van der Waals surface area contributed by atoms with Crippen LogP contribution in [0.15, 0.2) is 0 Å². The Labute approximate surface area is 114 Å². The molecule has 0 amide bonds. The summed E-state index contributed by atoms with van der Waals surface area (Å²) in [4.78, 5) is 2.73.